The van der Waals surface area contributed by atoms with Crippen LogP contribution in [0.1, 0.15) is 10.4 Å². The van der Waals surface area contributed by atoms with Crippen molar-refractivity contribution in [3.8, 4) is 5.75 Å². The van der Waals surface area contributed by atoms with Crippen LogP contribution in [0.2, 0.25) is 0 Å². The quantitative estimate of drug-likeness (QED) is 0.691. The monoisotopic (exact) mass is 353 g/mol. The van der Waals surface area contributed by atoms with E-state index in [1.165, 1.54) is 5.39 Å². The molecule has 0 spiro atoms. The van der Waals surface area contributed by atoms with Crippen molar-refractivity contribution in [1.82, 2.24) is 5.32 Å². The van der Waals surface area contributed by atoms with E-state index in [1.807, 2.05) is 36.4 Å². The largest absolute Gasteiger partial charge is 0.492 e. The van der Waals surface area contributed by atoms with Gasteiger partial charge in [-0.15, -0.1) is 0 Å². The Kier molecular flexibility index (Phi) is 5.46. The molecule has 0 aliphatic rings. The van der Waals surface area contributed by atoms with Crippen molar-refractivity contribution in [3.05, 3.63) is 72.3 Å². The summed E-state index contributed by atoms with van der Waals surface area (Å²) in [4.78, 5) is 12.8. The summed E-state index contributed by atoms with van der Waals surface area (Å²) in [5.41, 5.74) is 0.542. The lowest BCUT2D eigenvalue weighted by molar-refractivity contribution is 0.0947. The van der Waals surface area contributed by atoms with E-state index in [0.29, 0.717) is 23.6 Å². The summed E-state index contributed by atoms with van der Waals surface area (Å²) in [5, 5.41) is 5.10. The number of carbonyl (C=O) groups is 1. The lowest BCUT2D eigenvalue weighted by Crippen LogP contribution is -2.28. The number of nitrogens with one attached hydrogen (secondary N) is 1. The molecule has 0 saturated heterocycles. The van der Waals surface area contributed by atoms with E-state index in [2.05, 4.69) is 11.4 Å². The van der Waals surface area contributed by atoms with Crippen molar-refractivity contribution >= 4 is 27.5 Å². The van der Waals surface area contributed by atoms with Gasteiger partial charge >= 0.3 is 0 Å². The van der Waals surface area contributed by atoms with Gasteiger partial charge in [0.25, 0.3) is 5.91 Å². The SMILES string of the molecule is CS(=O)c1ccc(C(=O)NCCOc2ccc3ccccc3c2)cc1. The summed E-state index contributed by atoms with van der Waals surface area (Å²) in [6.45, 7) is 0.800. The van der Waals surface area contributed by atoms with Gasteiger partial charge in [0.2, 0.25) is 0 Å². The van der Waals surface area contributed by atoms with Crippen LogP contribution in [0.15, 0.2) is 71.6 Å². The van der Waals surface area contributed by atoms with Crippen LogP contribution < -0.4 is 10.1 Å². The van der Waals surface area contributed by atoms with Gasteiger partial charge in [0.1, 0.15) is 12.4 Å². The zero-order valence-corrected chi connectivity index (χ0v) is 14.7. The Morgan fingerprint density at radius 3 is 2.44 bits per heavy atom. The zero-order chi connectivity index (χ0) is 17.6. The maximum atomic E-state index is 12.1. The van der Waals surface area contributed by atoms with E-state index < -0.39 is 10.8 Å². The second-order valence-electron chi connectivity index (χ2n) is 5.59. The van der Waals surface area contributed by atoms with Crippen molar-refractivity contribution in [1.29, 1.82) is 0 Å². The fourth-order valence-electron chi connectivity index (χ4n) is 2.49. The maximum Gasteiger partial charge on any atom is 0.251 e. The summed E-state index contributed by atoms with van der Waals surface area (Å²) >= 11 is 0. The highest BCUT2D eigenvalue weighted by molar-refractivity contribution is 7.84. The molecule has 25 heavy (non-hydrogen) atoms. The van der Waals surface area contributed by atoms with Crippen LogP contribution in [0.3, 0.4) is 0 Å². The number of hydrogen-bond acceptors (Lipinski definition) is 3. The molecule has 0 aliphatic heterocycles. The molecule has 128 valence electrons. The van der Waals surface area contributed by atoms with E-state index >= 15 is 0 Å². The Balaban J connectivity index is 1.50. The molecule has 1 N–H and O–H groups in total. The second kappa shape index (κ2) is 7.94. The molecule has 0 aromatic heterocycles. The molecule has 0 fully saturated rings. The van der Waals surface area contributed by atoms with Crippen molar-refractivity contribution < 1.29 is 13.7 Å². The minimum Gasteiger partial charge on any atom is -0.492 e. The summed E-state index contributed by atoms with van der Waals surface area (Å²) < 4.78 is 17.0. The fraction of sp³-hybridized carbons (Fsp3) is 0.150. The second-order valence-corrected chi connectivity index (χ2v) is 6.97. The van der Waals surface area contributed by atoms with Crippen LogP contribution in [0.4, 0.5) is 0 Å². The molecule has 0 heterocycles. The average Bonchev–Trinajstić information content (AvgIpc) is 2.65. The summed E-state index contributed by atoms with van der Waals surface area (Å²) in [7, 11) is -1.04. The van der Waals surface area contributed by atoms with Gasteiger partial charge in [-0.2, -0.15) is 0 Å². The first kappa shape index (κ1) is 17.2. The molecule has 3 rings (SSSR count). The average molecular weight is 353 g/mol. The van der Waals surface area contributed by atoms with Crippen LogP contribution in [0.5, 0.6) is 5.75 Å². The maximum absolute atomic E-state index is 12.1. The zero-order valence-electron chi connectivity index (χ0n) is 13.9. The summed E-state index contributed by atoms with van der Waals surface area (Å²) in [5.74, 6) is 0.610. The Morgan fingerprint density at radius 1 is 1.00 bits per heavy atom. The van der Waals surface area contributed by atoms with E-state index in [4.69, 9.17) is 4.74 Å². The van der Waals surface area contributed by atoms with Crippen LogP contribution in [-0.4, -0.2) is 29.5 Å². The third-order valence-corrected chi connectivity index (χ3v) is 4.76. The number of hydrogen-bond donors (Lipinski definition) is 1. The van der Waals surface area contributed by atoms with Crippen LogP contribution in [0, 0.1) is 0 Å². The predicted octanol–water partition coefficient (Wildman–Crippen LogP) is 3.39. The molecule has 0 saturated carbocycles. The molecular formula is C20H19NO3S. The Labute approximate surface area is 149 Å². The standard InChI is InChI=1S/C20H19NO3S/c1-25(23)19-10-7-16(8-11-19)20(22)21-12-13-24-18-9-6-15-4-2-3-5-17(15)14-18/h2-11,14H,12-13H2,1H3,(H,21,22). The molecule has 1 atom stereocenters. The first-order chi connectivity index (χ1) is 12.1. The first-order valence-electron chi connectivity index (χ1n) is 7.97. The molecule has 4 nitrogen and oxygen atoms in total. The van der Waals surface area contributed by atoms with Gasteiger partial charge in [-0.1, -0.05) is 30.3 Å². The lowest BCUT2D eigenvalue weighted by Gasteiger charge is -2.09. The Morgan fingerprint density at radius 2 is 1.72 bits per heavy atom. The third-order valence-electron chi connectivity index (χ3n) is 3.83. The van der Waals surface area contributed by atoms with E-state index in [9.17, 15) is 9.00 Å². The predicted molar refractivity (Wildman–Crippen MR) is 101 cm³/mol. The van der Waals surface area contributed by atoms with Crippen molar-refractivity contribution in [3.63, 3.8) is 0 Å². The molecule has 1 unspecified atom stereocenters. The number of benzene rings is 3. The van der Waals surface area contributed by atoms with Crippen molar-refractivity contribution in [2.24, 2.45) is 0 Å². The number of carbonyl (C=O) groups excluding carboxylic acids is 1. The third kappa shape index (κ3) is 4.45. The minimum absolute atomic E-state index is 0.171. The van der Waals surface area contributed by atoms with Gasteiger partial charge in [-0.3, -0.25) is 9.00 Å². The summed E-state index contributed by atoms with van der Waals surface area (Å²) in [6.07, 6.45) is 1.61. The normalized spacial score (nSPS) is 11.9. The Hall–Kier alpha value is -2.66. The minimum atomic E-state index is -1.04. The fourth-order valence-corrected chi connectivity index (χ4v) is 3.01. The molecular weight excluding hydrogens is 334 g/mol. The number of amides is 1. The number of fused-ring (bicyclic) bond motifs is 1. The molecule has 3 aromatic rings. The smallest absolute Gasteiger partial charge is 0.251 e. The molecule has 0 radical (unpaired) electrons. The highest BCUT2D eigenvalue weighted by Crippen LogP contribution is 2.20. The van der Waals surface area contributed by atoms with Gasteiger partial charge in [0.15, 0.2) is 0 Å². The van der Waals surface area contributed by atoms with Gasteiger partial charge in [0, 0.05) is 27.5 Å². The molecule has 0 bridgehead atoms. The van der Waals surface area contributed by atoms with Crippen molar-refractivity contribution in [2.75, 3.05) is 19.4 Å². The van der Waals surface area contributed by atoms with Gasteiger partial charge in [-0.05, 0) is 47.2 Å². The van der Waals surface area contributed by atoms with Crippen LogP contribution in [0.25, 0.3) is 10.8 Å². The first-order valence-corrected chi connectivity index (χ1v) is 9.52. The topological polar surface area (TPSA) is 55.4 Å². The van der Waals surface area contributed by atoms with Gasteiger partial charge in [-0.25, -0.2) is 0 Å². The van der Waals surface area contributed by atoms with E-state index in [-0.39, 0.29) is 5.91 Å². The van der Waals surface area contributed by atoms with Crippen LogP contribution in [-0.2, 0) is 10.8 Å². The van der Waals surface area contributed by atoms with Gasteiger partial charge in [0.05, 0.1) is 6.54 Å². The number of rotatable bonds is 6. The summed E-state index contributed by atoms with van der Waals surface area (Å²) in [6, 6.07) is 20.8. The highest BCUT2D eigenvalue weighted by atomic mass is 32.2. The highest BCUT2D eigenvalue weighted by Gasteiger charge is 2.06. The van der Waals surface area contributed by atoms with Crippen molar-refractivity contribution in [2.45, 2.75) is 4.90 Å². The van der Waals surface area contributed by atoms with E-state index in [1.54, 1.807) is 30.5 Å². The Bertz CT molecular complexity index is 906. The number of ether oxygens (including phenoxy) is 1. The molecule has 5 heteroatoms. The van der Waals surface area contributed by atoms with Crippen LogP contribution >= 0.6 is 0 Å². The van der Waals surface area contributed by atoms with E-state index in [0.717, 1.165) is 11.1 Å². The molecule has 3 aromatic carbocycles. The lowest BCUT2D eigenvalue weighted by atomic mass is 10.1. The molecule has 0 aliphatic carbocycles. The van der Waals surface area contributed by atoms with Gasteiger partial charge < -0.3 is 10.1 Å². The molecule has 1 amide bonds.